The number of fused-ring (bicyclic) bond motifs is 1. The van der Waals surface area contributed by atoms with E-state index >= 15 is 4.39 Å². The Morgan fingerprint density at radius 1 is 1.18 bits per heavy atom. The first-order valence-electron chi connectivity index (χ1n) is 11.9. The molecule has 0 unspecified atom stereocenters. The summed E-state index contributed by atoms with van der Waals surface area (Å²) in [5.41, 5.74) is -1.29. The molecular weight excluding hydrogens is 546 g/mol. The molecule has 2 saturated heterocycles. The van der Waals surface area contributed by atoms with E-state index in [2.05, 4.69) is 5.16 Å². The fourth-order valence-corrected chi connectivity index (χ4v) is 6.41. The van der Waals surface area contributed by atoms with Crippen LogP contribution < -0.4 is 9.64 Å². The molecule has 1 amide bonds. The molecule has 0 spiro atoms. The molecule has 0 saturated carbocycles. The second-order valence-electron chi connectivity index (χ2n) is 9.09. The molecule has 0 aliphatic carbocycles. The van der Waals surface area contributed by atoms with E-state index in [0.717, 1.165) is 18.2 Å². The van der Waals surface area contributed by atoms with Crippen molar-refractivity contribution in [3.63, 3.8) is 0 Å². The van der Waals surface area contributed by atoms with Gasteiger partial charge in [-0.1, -0.05) is 23.4 Å². The van der Waals surface area contributed by atoms with Gasteiger partial charge in [-0.15, -0.1) is 0 Å². The second-order valence-corrected chi connectivity index (χ2v) is 11.1. The number of carbonyl (C=O) groups excluding carboxylic acids is 1. The van der Waals surface area contributed by atoms with Gasteiger partial charge in [-0.05, 0) is 12.5 Å². The minimum absolute atomic E-state index is 0.00309. The molecule has 14 heteroatoms. The van der Waals surface area contributed by atoms with E-state index in [9.17, 15) is 26.4 Å². The number of rotatable bonds is 7. The Hall–Kier alpha value is -3.49. The topological polar surface area (TPSA) is 102 Å². The number of hydrogen-bond acceptors (Lipinski definition) is 7. The molecule has 2 aliphatic heterocycles. The van der Waals surface area contributed by atoms with Gasteiger partial charge in [0, 0.05) is 36.3 Å². The summed E-state index contributed by atoms with van der Waals surface area (Å²) >= 11 is 0. The highest BCUT2D eigenvalue weighted by atomic mass is 32.2. The number of morpholine rings is 1. The average molecular weight is 570 g/mol. The summed E-state index contributed by atoms with van der Waals surface area (Å²) < 4.78 is 99.4. The molecule has 3 heterocycles. The predicted molar refractivity (Wildman–Crippen MR) is 130 cm³/mol. The number of carbonyl (C=O) groups is 1. The van der Waals surface area contributed by atoms with Crippen LogP contribution in [0.1, 0.15) is 24.1 Å². The Balaban J connectivity index is 1.45. The predicted octanol–water partition coefficient (Wildman–Crippen LogP) is 3.90. The van der Waals surface area contributed by atoms with Crippen molar-refractivity contribution in [1.29, 1.82) is 0 Å². The number of amides is 1. The number of nitrogens with zero attached hydrogens (tertiary/aromatic N) is 3. The second kappa shape index (κ2) is 10.6. The monoisotopic (exact) mass is 569 g/mol. The quantitative estimate of drug-likeness (QED) is 0.398. The fourth-order valence-electron chi connectivity index (χ4n) is 4.95. The number of halogens is 4. The normalized spacial score (nSPS) is 20.4. The summed E-state index contributed by atoms with van der Waals surface area (Å²) in [6, 6.07) is 6.21. The van der Waals surface area contributed by atoms with Gasteiger partial charge in [-0.3, -0.25) is 4.79 Å². The maximum atomic E-state index is 15.4. The van der Waals surface area contributed by atoms with Crippen LogP contribution in [0.3, 0.4) is 0 Å². The van der Waals surface area contributed by atoms with Crippen LogP contribution in [-0.4, -0.2) is 62.7 Å². The molecule has 3 aromatic rings. The van der Waals surface area contributed by atoms with Crippen molar-refractivity contribution in [3.05, 3.63) is 65.6 Å². The van der Waals surface area contributed by atoms with E-state index in [0.29, 0.717) is 0 Å². The first-order chi connectivity index (χ1) is 18.6. The lowest BCUT2D eigenvalue weighted by atomic mass is 9.97. The first kappa shape index (κ1) is 27.1. The molecular formula is C25H23F4N3O6S. The van der Waals surface area contributed by atoms with E-state index in [-0.39, 0.29) is 53.5 Å². The zero-order chi connectivity index (χ0) is 27.9. The van der Waals surface area contributed by atoms with E-state index in [4.69, 9.17) is 14.0 Å². The maximum Gasteiger partial charge on any atom is 0.266 e. The number of sulfonamides is 1. The van der Waals surface area contributed by atoms with Crippen molar-refractivity contribution in [2.75, 3.05) is 31.7 Å². The Morgan fingerprint density at radius 3 is 2.67 bits per heavy atom. The molecule has 2 aromatic carbocycles. The van der Waals surface area contributed by atoms with Crippen molar-refractivity contribution in [1.82, 2.24) is 9.46 Å². The highest BCUT2D eigenvalue weighted by molar-refractivity contribution is 7.88. The minimum atomic E-state index is -3.77. The summed E-state index contributed by atoms with van der Waals surface area (Å²) in [5.74, 6) is -3.09. The molecule has 208 valence electrons. The Labute approximate surface area is 220 Å². The summed E-state index contributed by atoms with van der Waals surface area (Å²) in [7, 11) is -2.50. The van der Waals surface area contributed by atoms with Gasteiger partial charge in [0.05, 0.1) is 36.2 Å². The average Bonchev–Trinajstić information content (AvgIpc) is 3.41. The summed E-state index contributed by atoms with van der Waals surface area (Å²) in [4.78, 5) is 14.3. The SMILES string of the molecule is COc1cc(-c2cccc(C(F)F)c2F)c(F)cc1N1C(=O)CO[C@@H]2CN(S(=O)(=O)Cc3ccon3)CC[C@H]21. The smallest absolute Gasteiger partial charge is 0.266 e. The number of ether oxygens (including phenoxy) is 2. The van der Waals surface area contributed by atoms with Crippen molar-refractivity contribution in [2.45, 2.75) is 30.7 Å². The van der Waals surface area contributed by atoms with Crippen LogP contribution in [0.25, 0.3) is 11.1 Å². The van der Waals surface area contributed by atoms with Crippen molar-refractivity contribution in [3.8, 4) is 16.9 Å². The molecule has 2 atom stereocenters. The van der Waals surface area contributed by atoms with Gasteiger partial charge in [-0.25, -0.2) is 26.0 Å². The highest BCUT2D eigenvalue weighted by Gasteiger charge is 2.44. The lowest BCUT2D eigenvalue weighted by molar-refractivity contribution is -0.134. The lowest BCUT2D eigenvalue weighted by Crippen LogP contribution is -2.62. The largest absolute Gasteiger partial charge is 0.495 e. The van der Waals surface area contributed by atoms with Crippen molar-refractivity contribution < 1.29 is 44.8 Å². The number of hydrogen-bond donors (Lipinski definition) is 0. The molecule has 9 nitrogen and oxygen atoms in total. The molecule has 39 heavy (non-hydrogen) atoms. The van der Waals surface area contributed by atoms with Crippen LogP contribution >= 0.6 is 0 Å². The van der Waals surface area contributed by atoms with E-state index in [1.54, 1.807) is 0 Å². The zero-order valence-corrected chi connectivity index (χ0v) is 21.3. The number of anilines is 1. The lowest BCUT2D eigenvalue weighted by Gasteiger charge is -2.46. The Kier molecular flexibility index (Phi) is 7.35. The van der Waals surface area contributed by atoms with Crippen LogP contribution in [0.5, 0.6) is 5.75 Å². The summed E-state index contributed by atoms with van der Waals surface area (Å²) in [5, 5.41) is 3.64. The third kappa shape index (κ3) is 5.11. The van der Waals surface area contributed by atoms with E-state index < -0.39 is 58.3 Å². The highest BCUT2D eigenvalue weighted by Crippen LogP contribution is 2.41. The van der Waals surface area contributed by atoms with Crippen LogP contribution in [-0.2, 0) is 25.3 Å². The molecule has 2 fully saturated rings. The number of benzene rings is 2. The Bertz CT molecular complexity index is 1490. The molecule has 0 radical (unpaired) electrons. The van der Waals surface area contributed by atoms with Gasteiger partial charge in [0.25, 0.3) is 12.3 Å². The first-order valence-corrected chi connectivity index (χ1v) is 13.5. The van der Waals surface area contributed by atoms with Crippen molar-refractivity contribution >= 4 is 21.6 Å². The van der Waals surface area contributed by atoms with Gasteiger partial charge >= 0.3 is 0 Å². The minimum Gasteiger partial charge on any atom is -0.495 e. The van der Waals surface area contributed by atoms with Gasteiger partial charge in [0.1, 0.15) is 36.0 Å². The van der Waals surface area contributed by atoms with Crippen molar-refractivity contribution in [2.24, 2.45) is 0 Å². The number of alkyl halides is 2. The molecule has 0 bridgehead atoms. The van der Waals surface area contributed by atoms with Crippen LogP contribution in [0.2, 0.25) is 0 Å². The number of aromatic nitrogens is 1. The van der Waals surface area contributed by atoms with Crippen LogP contribution in [0, 0.1) is 11.6 Å². The fraction of sp³-hybridized carbons (Fsp3) is 0.360. The molecule has 0 N–H and O–H groups in total. The molecule has 1 aromatic heterocycles. The summed E-state index contributed by atoms with van der Waals surface area (Å²) in [6.07, 6.45) is -2.38. The Morgan fingerprint density at radius 2 is 1.97 bits per heavy atom. The van der Waals surface area contributed by atoms with Crippen LogP contribution in [0.15, 0.2) is 47.2 Å². The number of methoxy groups -OCH3 is 1. The third-order valence-corrected chi connectivity index (χ3v) is 8.58. The van der Waals surface area contributed by atoms with Gasteiger partial charge < -0.3 is 18.9 Å². The maximum absolute atomic E-state index is 15.4. The molecule has 2 aliphatic rings. The van der Waals surface area contributed by atoms with E-state index in [1.807, 2.05) is 0 Å². The van der Waals surface area contributed by atoms with Crippen LogP contribution in [0.4, 0.5) is 23.2 Å². The standard InChI is InChI=1S/C25H23F4N3O6S/c1-36-21-9-17(15-3-2-4-16(24(15)27)25(28)29)18(26)10-20(21)32-19-5-7-31(11-22(19)37-12-23(32)33)39(34,35)13-14-6-8-38-30-14/h2-4,6,8-10,19,22,25H,5,7,11-13H2,1H3/t19-,22-/m1/s1. The third-order valence-electron chi connectivity index (χ3n) is 6.81. The van der Waals surface area contributed by atoms with Gasteiger partial charge in [-0.2, -0.15) is 4.31 Å². The van der Waals surface area contributed by atoms with Gasteiger partial charge in [0.15, 0.2) is 0 Å². The number of piperidine rings is 1. The van der Waals surface area contributed by atoms with E-state index in [1.165, 1.54) is 40.8 Å². The zero-order valence-electron chi connectivity index (χ0n) is 20.5. The molecule has 5 rings (SSSR count). The van der Waals surface area contributed by atoms with Gasteiger partial charge in [0.2, 0.25) is 10.0 Å². The summed E-state index contributed by atoms with van der Waals surface area (Å²) in [6.45, 7) is -0.387.